The number of halogens is 2. The molecule has 3 atom stereocenters. The van der Waals surface area contributed by atoms with Crippen molar-refractivity contribution < 1.29 is 18.7 Å². The number of aromatic nitrogens is 1. The fourth-order valence-electron chi connectivity index (χ4n) is 5.20. The number of amides is 1. The van der Waals surface area contributed by atoms with Crippen LogP contribution in [0.15, 0.2) is 65.8 Å². The SMILES string of the molecule is COc1ccc(SN2C[C@@H]2CCc2c(F)cncc2NC(=O)CC(c2ccc(Cl)cc2)C2CCOCC2)cc1. The topological polar surface area (TPSA) is 63.5 Å². The van der Waals surface area contributed by atoms with Crippen molar-refractivity contribution in [1.29, 1.82) is 0 Å². The van der Waals surface area contributed by atoms with Crippen molar-refractivity contribution in [2.45, 2.75) is 49.0 Å². The predicted molar refractivity (Wildman–Crippen MR) is 153 cm³/mol. The summed E-state index contributed by atoms with van der Waals surface area (Å²) in [5, 5.41) is 3.65. The van der Waals surface area contributed by atoms with Crippen LogP contribution >= 0.6 is 23.5 Å². The van der Waals surface area contributed by atoms with E-state index in [2.05, 4.69) is 14.6 Å². The Morgan fingerprint density at radius 1 is 1.18 bits per heavy atom. The van der Waals surface area contributed by atoms with Crippen LogP contribution in [-0.4, -0.2) is 48.1 Å². The molecule has 0 aliphatic carbocycles. The van der Waals surface area contributed by atoms with Crippen LogP contribution in [0.2, 0.25) is 5.02 Å². The van der Waals surface area contributed by atoms with Crippen LogP contribution in [0.3, 0.4) is 0 Å². The zero-order valence-corrected chi connectivity index (χ0v) is 23.5. The number of benzene rings is 2. The third-order valence-electron chi connectivity index (χ3n) is 7.49. The molecule has 0 spiro atoms. The maximum absolute atomic E-state index is 14.9. The van der Waals surface area contributed by atoms with Crippen molar-refractivity contribution >= 4 is 35.1 Å². The summed E-state index contributed by atoms with van der Waals surface area (Å²) >= 11 is 7.81. The highest BCUT2D eigenvalue weighted by atomic mass is 35.5. The Morgan fingerprint density at radius 2 is 1.92 bits per heavy atom. The summed E-state index contributed by atoms with van der Waals surface area (Å²) in [6.07, 6.45) is 6.20. The smallest absolute Gasteiger partial charge is 0.225 e. The molecule has 9 heteroatoms. The molecular weight excluding hydrogens is 537 g/mol. The number of ether oxygens (including phenoxy) is 2. The summed E-state index contributed by atoms with van der Waals surface area (Å²) in [6, 6.07) is 16.0. The molecule has 2 fully saturated rings. The van der Waals surface area contributed by atoms with Crippen molar-refractivity contribution in [2.75, 3.05) is 32.2 Å². The highest BCUT2D eigenvalue weighted by Crippen LogP contribution is 2.38. The minimum absolute atomic E-state index is 0.0335. The lowest BCUT2D eigenvalue weighted by Crippen LogP contribution is -2.26. The van der Waals surface area contributed by atoms with Crippen molar-refractivity contribution in [1.82, 2.24) is 9.29 Å². The lowest BCUT2D eigenvalue weighted by Gasteiger charge is -2.30. The van der Waals surface area contributed by atoms with E-state index in [1.807, 2.05) is 48.5 Å². The molecule has 2 aliphatic rings. The number of nitrogens with zero attached hydrogens (tertiary/aromatic N) is 2. The molecule has 0 saturated carbocycles. The normalized spacial score (nSPS) is 19.9. The highest BCUT2D eigenvalue weighted by molar-refractivity contribution is 7.97. The molecular formula is C30H33ClFN3O3S. The van der Waals surface area contributed by atoms with Crippen LogP contribution in [0.1, 0.15) is 42.7 Å². The number of anilines is 1. The van der Waals surface area contributed by atoms with Gasteiger partial charge in [0.15, 0.2) is 0 Å². The fraction of sp³-hybridized carbons (Fsp3) is 0.400. The molecule has 2 unspecified atom stereocenters. The van der Waals surface area contributed by atoms with Gasteiger partial charge in [-0.15, -0.1) is 0 Å². The summed E-state index contributed by atoms with van der Waals surface area (Å²) in [5.74, 6) is 0.669. The second-order valence-electron chi connectivity index (χ2n) is 10.1. The Hall–Kier alpha value is -2.65. The van der Waals surface area contributed by atoms with Gasteiger partial charge in [-0.3, -0.25) is 9.78 Å². The predicted octanol–water partition coefficient (Wildman–Crippen LogP) is 6.75. The van der Waals surface area contributed by atoms with E-state index in [1.165, 1.54) is 6.20 Å². The quantitative estimate of drug-likeness (QED) is 0.204. The van der Waals surface area contributed by atoms with Crippen molar-refractivity contribution in [3.8, 4) is 5.75 Å². The first-order valence-electron chi connectivity index (χ1n) is 13.3. The van der Waals surface area contributed by atoms with Crippen LogP contribution in [0, 0.1) is 11.7 Å². The van der Waals surface area contributed by atoms with Gasteiger partial charge in [0.05, 0.1) is 25.2 Å². The number of carbonyl (C=O) groups is 1. The number of rotatable bonds is 11. The van der Waals surface area contributed by atoms with Gasteiger partial charge in [0, 0.05) is 47.7 Å². The first-order chi connectivity index (χ1) is 19.0. The standard InChI is InChI=1S/C30H33ClFN3O3S/c1-37-24-7-9-25(10-8-24)39-35-19-23(35)6-11-26-28(32)17-33-18-29(26)34-30(36)16-27(21-12-14-38-15-13-21)20-2-4-22(31)5-3-20/h2-5,7-10,17-18,21,23,27H,6,11-16,19H2,1H3,(H,34,36)/t23-,27?,35?/m0/s1. The number of methoxy groups -OCH3 is 1. The lowest BCUT2D eigenvalue weighted by molar-refractivity contribution is -0.117. The summed E-state index contributed by atoms with van der Waals surface area (Å²) in [7, 11) is 1.65. The maximum atomic E-state index is 14.9. The molecule has 0 radical (unpaired) electrons. The van der Waals surface area contributed by atoms with Crippen LogP contribution in [0.25, 0.3) is 0 Å². The van der Waals surface area contributed by atoms with Gasteiger partial charge in [-0.05, 0) is 91.4 Å². The van der Waals surface area contributed by atoms with E-state index in [-0.39, 0.29) is 17.6 Å². The van der Waals surface area contributed by atoms with Gasteiger partial charge < -0.3 is 14.8 Å². The van der Waals surface area contributed by atoms with Gasteiger partial charge in [0.25, 0.3) is 0 Å². The highest BCUT2D eigenvalue weighted by Gasteiger charge is 2.35. The Bertz CT molecular complexity index is 1260. The van der Waals surface area contributed by atoms with Crippen molar-refractivity contribution in [3.05, 3.63) is 82.9 Å². The minimum atomic E-state index is -0.388. The Balaban J connectivity index is 1.20. The molecule has 3 aromatic rings. The Labute approximate surface area is 238 Å². The average molecular weight is 570 g/mol. The van der Waals surface area contributed by atoms with E-state index < -0.39 is 0 Å². The summed E-state index contributed by atoms with van der Waals surface area (Å²) in [4.78, 5) is 18.4. The van der Waals surface area contributed by atoms with Gasteiger partial charge in [-0.2, -0.15) is 0 Å². The number of hydrogen-bond donors (Lipinski definition) is 1. The molecule has 2 aromatic carbocycles. The fourth-order valence-corrected chi connectivity index (χ4v) is 6.36. The van der Waals surface area contributed by atoms with E-state index in [4.69, 9.17) is 21.1 Å². The second kappa shape index (κ2) is 13.1. The van der Waals surface area contributed by atoms with Gasteiger partial charge in [0.1, 0.15) is 11.6 Å². The molecule has 5 rings (SSSR count). The maximum Gasteiger partial charge on any atom is 0.225 e. The number of hydrogen-bond acceptors (Lipinski definition) is 6. The molecule has 6 nitrogen and oxygen atoms in total. The molecule has 2 saturated heterocycles. The van der Waals surface area contributed by atoms with Gasteiger partial charge in [-0.25, -0.2) is 8.70 Å². The first-order valence-corrected chi connectivity index (χ1v) is 14.5. The van der Waals surface area contributed by atoms with E-state index >= 15 is 0 Å². The van der Waals surface area contributed by atoms with Crippen LogP contribution in [0.4, 0.5) is 10.1 Å². The van der Waals surface area contributed by atoms with Crippen molar-refractivity contribution in [3.63, 3.8) is 0 Å². The minimum Gasteiger partial charge on any atom is -0.497 e. The van der Waals surface area contributed by atoms with E-state index in [1.54, 1.807) is 25.3 Å². The van der Waals surface area contributed by atoms with Gasteiger partial charge in [0.2, 0.25) is 5.91 Å². The summed E-state index contributed by atoms with van der Waals surface area (Å²) in [6.45, 7) is 2.34. The zero-order chi connectivity index (χ0) is 27.2. The third-order valence-corrected chi connectivity index (χ3v) is 8.91. The van der Waals surface area contributed by atoms with E-state index in [9.17, 15) is 9.18 Å². The largest absolute Gasteiger partial charge is 0.497 e. The molecule has 206 valence electrons. The Morgan fingerprint density at radius 3 is 2.64 bits per heavy atom. The zero-order valence-electron chi connectivity index (χ0n) is 21.9. The third kappa shape index (κ3) is 7.51. The van der Waals surface area contributed by atoms with E-state index in [0.29, 0.717) is 54.3 Å². The van der Waals surface area contributed by atoms with Crippen molar-refractivity contribution in [2.24, 2.45) is 5.92 Å². The average Bonchev–Trinajstić information content (AvgIpc) is 3.70. The molecule has 1 amide bonds. The monoisotopic (exact) mass is 569 g/mol. The number of nitrogens with one attached hydrogen (secondary N) is 1. The van der Waals surface area contributed by atoms with Crippen LogP contribution < -0.4 is 10.1 Å². The van der Waals surface area contributed by atoms with Gasteiger partial charge in [-0.1, -0.05) is 23.7 Å². The molecule has 39 heavy (non-hydrogen) atoms. The van der Waals surface area contributed by atoms with Gasteiger partial charge >= 0.3 is 0 Å². The van der Waals surface area contributed by atoms with E-state index in [0.717, 1.165) is 42.0 Å². The number of carbonyl (C=O) groups excluding carboxylic acids is 1. The number of pyridine rings is 1. The molecule has 1 aromatic heterocycles. The van der Waals surface area contributed by atoms with Crippen LogP contribution in [-0.2, 0) is 16.0 Å². The first kappa shape index (κ1) is 27.9. The molecule has 0 bridgehead atoms. The molecule has 1 N–H and O–H groups in total. The summed E-state index contributed by atoms with van der Waals surface area (Å²) in [5.41, 5.74) is 2.05. The lowest BCUT2D eigenvalue weighted by atomic mass is 9.79. The molecule has 2 aliphatic heterocycles. The second-order valence-corrected chi connectivity index (χ2v) is 11.6. The molecule has 3 heterocycles. The summed E-state index contributed by atoms with van der Waals surface area (Å²) < 4.78 is 27.9. The Kier molecular flexibility index (Phi) is 9.40. The van der Waals surface area contributed by atoms with Crippen LogP contribution in [0.5, 0.6) is 5.75 Å².